The summed E-state index contributed by atoms with van der Waals surface area (Å²) < 4.78 is 23.6. The largest absolute Gasteiger partial charge is 0.489 e. The molecule has 0 spiro atoms. The Morgan fingerprint density at radius 1 is 0.417 bits per heavy atom. The van der Waals surface area contributed by atoms with Gasteiger partial charge in [0.05, 0.1) is 26.4 Å². The van der Waals surface area contributed by atoms with Gasteiger partial charge in [0.1, 0.15) is 36.1 Å². The van der Waals surface area contributed by atoms with E-state index in [2.05, 4.69) is 38.1 Å². The number of unbranched alkanes of at least 4 members (excludes halogenated alkanes) is 18. The first kappa shape index (κ1) is 40.0. The van der Waals surface area contributed by atoms with Crippen LogP contribution in [-0.4, -0.2) is 39.6 Å². The summed E-state index contributed by atoms with van der Waals surface area (Å²) in [6, 6.07) is 12.8. The topological polar surface area (TPSA) is 61.6 Å². The lowest BCUT2D eigenvalue weighted by Crippen LogP contribution is -2.13. The molecule has 0 aromatic heterocycles. The average Bonchev–Trinajstić information content (AvgIpc) is 3.10. The Kier molecular flexibility index (Phi) is 22.8. The minimum atomic E-state index is 0.461. The van der Waals surface area contributed by atoms with Crippen molar-refractivity contribution in [3.05, 3.63) is 47.5 Å². The van der Waals surface area contributed by atoms with Crippen LogP contribution < -0.4 is 9.47 Å². The van der Waals surface area contributed by atoms with Crippen LogP contribution in [0.5, 0.6) is 11.5 Å². The molecular weight excluding hydrogens is 596 g/mol. The van der Waals surface area contributed by atoms with Crippen LogP contribution in [0.4, 0.5) is 11.4 Å². The molecule has 0 saturated heterocycles. The number of nitrogens with zero attached hydrogens (tertiary/aromatic N) is 2. The SMILES string of the molecule is CCCCCCCCCCCCc1ccc2c(c1)N=Nc1cc(CCCCCCCCCCCC)ccc1OCCOCCOCCO2. The minimum absolute atomic E-state index is 0.461. The number of hydrogen-bond donors (Lipinski definition) is 0. The van der Waals surface area contributed by atoms with Gasteiger partial charge in [-0.25, -0.2) is 0 Å². The second-order valence-corrected chi connectivity index (χ2v) is 13.6. The van der Waals surface area contributed by atoms with Gasteiger partial charge in [-0.15, -0.1) is 10.2 Å². The molecule has 0 radical (unpaired) electrons. The van der Waals surface area contributed by atoms with Crippen molar-refractivity contribution >= 4 is 11.4 Å². The molecule has 0 atom stereocenters. The standard InChI is InChI=1S/C42H68N2O4/c1-3-5-7-9-11-13-15-17-19-21-23-37-25-27-41-39(35-37)43-44-40-36-38(24-22-20-18-16-14-12-10-8-6-4-2)26-28-42(40)48-34-32-46-30-29-45-31-33-47-41/h25-28,35-36H,3-24,29-34H2,1-2H3. The molecule has 0 aliphatic carbocycles. The van der Waals surface area contributed by atoms with Gasteiger partial charge in [-0.05, 0) is 61.1 Å². The summed E-state index contributed by atoms with van der Waals surface area (Å²) in [5.74, 6) is 1.48. The fraction of sp³-hybridized carbons (Fsp3) is 0.714. The van der Waals surface area contributed by atoms with Crippen molar-refractivity contribution in [2.45, 2.75) is 155 Å². The first-order chi connectivity index (χ1) is 23.8. The summed E-state index contributed by atoms with van der Waals surface area (Å²) in [7, 11) is 0. The fourth-order valence-electron chi connectivity index (χ4n) is 6.32. The van der Waals surface area contributed by atoms with E-state index in [-0.39, 0.29) is 0 Å². The van der Waals surface area contributed by atoms with Crippen molar-refractivity contribution in [2.24, 2.45) is 10.2 Å². The van der Waals surface area contributed by atoms with E-state index in [9.17, 15) is 0 Å². The van der Waals surface area contributed by atoms with Gasteiger partial charge in [0.15, 0.2) is 0 Å². The third kappa shape index (κ3) is 18.4. The van der Waals surface area contributed by atoms with E-state index in [1.807, 2.05) is 12.1 Å². The van der Waals surface area contributed by atoms with E-state index in [1.165, 1.54) is 140 Å². The number of benzene rings is 2. The summed E-state index contributed by atoms with van der Waals surface area (Å²) in [6.07, 6.45) is 29.0. The highest BCUT2D eigenvalue weighted by Gasteiger charge is 2.10. The predicted octanol–water partition coefficient (Wildman–Crippen LogP) is 12.8. The molecule has 48 heavy (non-hydrogen) atoms. The van der Waals surface area contributed by atoms with Gasteiger partial charge in [-0.2, -0.15) is 0 Å². The van der Waals surface area contributed by atoms with Gasteiger partial charge in [-0.1, -0.05) is 142 Å². The van der Waals surface area contributed by atoms with Crippen molar-refractivity contribution in [1.29, 1.82) is 0 Å². The van der Waals surface area contributed by atoms with Gasteiger partial charge >= 0.3 is 0 Å². The molecule has 1 heterocycles. The maximum atomic E-state index is 6.13. The maximum absolute atomic E-state index is 6.13. The quantitative estimate of drug-likeness (QED) is 0.118. The molecule has 1 aliphatic rings. The van der Waals surface area contributed by atoms with Crippen LogP contribution in [-0.2, 0) is 22.3 Å². The van der Waals surface area contributed by atoms with E-state index >= 15 is 0 Å². The molecule has 2 aromatic rings. The van der Waals surface area contributed by atoms with Crippen molar-refractivity contribution in [3.63, 3.8) is 0 Å². The molecule has 0 saturated carbocycles. The molecule has 1 aliphatic heterocycles. The molecule has 0 fully saturated rings. The normalized spacial score (nSPS) is 14.2. The highest BCUT2D eigenvalue weighted by Crippen LogP contribution is 2.35. The molecule has 3 rings (SSSR count). The lowest BCUT2D eigenvalue weighted by atomic mass is 10.0. The molecule has 2 aromatic carbocycles. The van der Waals surface area contributed by atoms with Gasteiger partial charge in [-0.3, -0.25) is 0 Å². The lowest BCUT2D eigenvalue weighted by molar-refractivity contribution is 0.0274. The number of azo groups is 1. The number of fused-ring (bicyclic) bond motifs is 2. The van der Waals surface area contributed by atoms with E-state index in [1.54, 1.807) is 0 Å². The molecule has 0 bridgehead atoms. The van der Waals surface area contributed by atoms with Crippen molar-refractivity contribution in [1.82, 2.24) is 0 Å². The first-order valence-corrected chi connectivity index (χ1v) is 19.9. The van der Waals surface area contributed by atoms with E-state index in [0.29, 0.717) is 39.6 Å². The monoisotopic (exact) mass is 665 g/mol. The van der Waals surface area contributed by atoms with Crippen LogP contribution in [0, 0.1) is 0 Å². The second-order valence-electron chi connectivity index (χ2n) is 13.6. The molecule has 270 valence electrons. The molecule has 0 amide bonds. The van der Waals surface area contributed by atoms with Crippen molar-refractivity contribution in [3.8, 4) is 11.5 Å². The summed E-state index contributed by atoms with van der Waals surface area (Å²) in [6.45, 7) is 7.56. The molecular formula is C42H68N2O4. The van der Waals surface area contributed by atoms with Crippen LogP contribution in [0.25, 0.3) is 0 Å². The Morgan fingerprint density at radius 3 is 1.12 bits per heavy atom. The summed E-state index contributed by atoms with van der Waals surface area (Å²) in [4.78, 5) is 0. The summed E-state index contributed by atoms with van der Waals surface area (Å²) in [5, 5.41) is 9.53. The maximum Gasteiger partial charge on any atom is 0.146 e. The molecule has 0 unspecified atom stereocenters. The van der Waals surface area contributed by atoms with Crippen LogP contribution in [0.3, 0.4) is 0 Å². The number of ether oxygens (including phenoxy) is 4. The zero-order chi connectivity index (χ0) is 33.7. The average molecular weight is 665 g/mol. The Bertz CT molecular complexity index is 1020. The fourth-order valence-corrected chi connectivity index (χ4v) is 6.32. The second kappa shape index (κ2) is 27.4. The number of aryl methyl sites for hydroxylation is 2. The highest BCUT2D eigenvalue weighted by atomic mass is 16.6. The Labute approximate surface area is 293 Å². The zero-order valence-electron chi connectivity index (χ0n) is 30.8. The van der Waals surface area contributed by atoms with Crippen molar-refractivity contribution in [2.75, 3.05) is 39.6 Å². The Morgan fingerprint density at radius 2 is 0.750 bits per heavy atom. The lowest BCUT2D eigenvalue weighted by Gasteiger charge is -2.13. The molecule has 6 nitrogen and oxygen atoms in total. The van der Waals surface area contributed by atoms with Gasteiger partial charge in [0.25, 0.3) is 0 Å². The van der Waals surface area contributed by atoms with Gasteiger partial charge < -0.3 is 18.9 Å². The van der Waals surface area contributed by atoms with Crippen molar-refractivity contribution < 1.29 is 18.9 Å². The number of hydrogen-bond acceptors (Lipinski definition) is 6. The van der Waals surface area contributed by atoms with E-state index in [0.717, 1.165) is 35.7 Å². The Balaban J connectivity index is 1.58. The first-order valence-electron chi connectivity index (χ1n) is 19.9. The Hall–Kier alpha value is -2.44. The highest BCUT2D eigenvalue weighted by molar-refractivity contribution is 5.56. The predicted molar refractivity (Wildman–Crippen MR) is 201 cm³/mol. The minimum Gasteiger partial charge on any atom is -0.489 e. The van der Waals surface area contributed by atoms with Gasteiger partial charge in [0.2, 0.25) is 0 Å². The molecule has 0 N–H and O–H groups in total. The van der Waals surface area contributed by atoms with Gasteiger partial charge in [0, 0.05) is 0 Å². The van der Waals surface area contributed by atoms with Crippen LogP contribution in [0.15, 0.2) is 46.6 Å². The third-order valence-corrected chi connectivity index (χ3v) is 9.29. The summed E-state index contributed by atoms with van der Waals surface area (Å²) in [5.41, 5.74) is 4.09. The van der Waals surface area contributed by atoms with Crippen LogP contribution in [0.1, 0.15) is 153 Å². The number of rotatable bonds is 22. The van der Waals surface area contributed by atoms with Crippen LogP contribution in [0.2, 0.25) is 0 Å². The summed E-state index contributed by atoms with van der Waals surface area (Å²) >= 11 is 0. The molecule has 6 heteroatoms. The zero-order valence-corrected chi connectivity index (χ0v) is 30.8. The van der Waals surface area contributed by atoms with Crippen LogP contribution >= 0.6 is 0 Å². The smallest absolute Gasteiger partial charge is 0.146 e. The van der Waals surface area contributed by atoms with E-state index in [4.69, 9.17) is 29.2 Å². The van der Waals surface area contributed by atoms with E-state index < -0.39 is 0 Å². The third-order valence-electron chi connectivity index (χ3n) is 9.29.